The van der Waals surface area contributed by atoms with Gasteiger partial charge >= 0.3 is 5.97 Å². The van der Waals surface area contributed by atoms with E-state index in [4.69, 9.17) is 15.6 Å². The van der Waals surface area contributed by atoms with Crippen molar-refractivity contribution >= 4 is 17.7 Å². The van der Waals surface area contributed by atoms with Gasteiger partial charge in [-0.1, -0.05) is 6.07 Å². The molecule has 1 heterocycles. The smallest absolute Gasteiger partial charge is 0.321 e. The lowest BCUT2D eigenvalue weighted by Gasteiger charge is -2.27. The van der Waals surface area contributed by atoms with E-state index in [0.29, 0.717) is 11.6 Å². The van der Waals surface area contributed by atoms with Gasteiger partial charge in [-0.2, -0.15) is 0 Å². The molecule has 1 aromatic rings. The standard InChI is InChI=1S/C12H18N2O3S/c1-12(2,10(13)11(15)16)18-7-8-5-4-6-9(14-8)17-3/h4-6,10H,7,13H2,1-3H3,(H,15,16)/t10-/m1/s1. The fourth-order valence-corrected chi connectivity index (χ4v) is 2.26. The van der Waals surface area contributed by atoms with E-state index in [-0.39, 0.29) is 0 Å². The van der Waals surface area contributed by atoms with Gasteiger partial charge in [0.1, 0.15) is 6.04 Å². The Morgan fingerprint density at radius 2 is 2.28 bits per heavy atom. The van der Waals surface area contributed by atoms with E-state index in [2.05, 4.69) is 4.98 Å². The van der Waals surface area contributed by atoms with Gasteiger partial charge in [0.25, 0.3) is 0 Å². The summed E-state index contributed by atoms with van der Waals surface area (Å²) in [6.45, 7) is 3.63. The molecule has 0 aliphatic carbocycles. The van der Waals surface area contributed by atoms with Crippen LogP contribution in [0.1, 0.15) is 19.5 Å². The molecular formula is C12H18N2O3S. The molecule has 0 bridgehead atoms. The monoisotopic (exact) mass is 270 g/mol. The molecule has 0 radical (unpaired) electrons. The Morgan fingerprint density at radius 1 is 1.61 bits per heavy atom. The summed E-state index contributed by atoms with van der Waals surface area (Å²) >= 11 is 1.46. The average molecular weight is 270 g/mol. The predicted molar refractivity (Wildman–Crippen MR) is 71.8 cm³/mol. The second-order valence-electron chi connectivity index (χ2n) is 4.38. The molecule has 1 rings (SSSR count). The second-order valence-corrected chi connectivity index (χ2v) is 6.01. The molecule has 0 fully saturated rings. The van der Waals surface area contributed by atoms with Crippen LogP contribution in [0.4, 0.5) is 0 Å². The number of hydrogen-bond acceptors (Lipinski definition) is 5. The Hall–Kier alpha value is -1.27. The summed E-state index contributed by atoms with van der Waals surface area (Å²) in [6, 6.07) is 4.58. The fraction of sp³-hybridized carbons (Fsp3) is 0.500. The number of nitrogens with zero attached hydrogens (tertiary/aromatic N) is 1. The van der Waals surface area contributed by atoms with Crippen LogP contribution in [0.3, 0.4) is 0 Å². The molecule has 100 valence electrons. The lowest BCUT2D eigenvalue weighted by molar-refractivity contribution is -0.139. The van der Waals surface area contributed by atoms with E-state index >= 15 is 0 Å². The maximum absolute atomic E-state index is 10.9. The topological polar surface area (TPSA) is 85.4 Å². The maximum atomic E-state index is 10.9. The largest absolute Gasteiger partial charge is 0.481 e. The van der Waals surface area contributed by atoms with Crippen molar-refractivity contribution in [3.05, 3.63) is 23.9 Å². The number of pyridine rings is 1. The van der Waals surface area contributed by atoms with Gasteiger partial charge in [0.05, 0.1) is 12.8 Å². The van der Waals surface area contributed by atoms with Crippen molar-refractivity contribution in [3.8, 4) is 5.88 Å². The molecular weight excluding hydrogens is 252 g/mol. The van der Waals surface area contributed by atoms with E-state index in [1.54, 1.807) is 13.2 Å². The zero-order valence-electron chi connectivity index (χ0n) is 10.7. The average Bonchev–Trinajstić information content (AvgIpc) is 2.35. The number of methoxy groups -OCH3 is 1. The summed E-state index contributed by atoms with van der Waals surface area (Å²) < 4.78 is 4.47. The van der Waals surface area contributed by atoms with Crippen LogP contribution in [0.15, 0.2) is 18.2 Å². The molecule has 3 N–H and O–H groups in total. The Morgan fingerprint density at radius 3 is 2.83 bits per heavy atom. The van der Waals surface area contributed by atoms with Crippen molar-refractivity contribution in [1.29, 1.82) is 0 Å². The molecule has 0 unspecified atom stereocenters. The number of aromatic nitrogens is 1. The highest BCUT2D eigenvalue weighted by atomic mass is 32.2. The molecule has 0 spiro atoms. The van der Waals surface area contributed by atoms with E-state index in [0.717, 1.165) is 5.69 Å². The highest BCUT2D eigenvalue weighted by molar-refractivity contribution is 7.99. The van der Waals surface area contributed by atoms with Gasteiger partial charge in [0, 0.05) is 16.6 Å². The van der Waals surface area contributed by atoms with E-state index in [1.807, 2.05) is 26.0 Å². The quantitative estimate of drug-likeness (QED) is 0.815. The number of thioether (sulfide) groups is 1. The number of carboxylic acids is 1. The third-order valence-corrected chi connectivity index (χ3v) is 4.04. The van der Waals surface area contributed by atoms with E-state index in [1.165, 1.54) is 11.8 Å². The first-order valence-electron chi connectivity index (χ1n) is 5.49. The minimum Gasteiger partial charge on any atom is -0.481 e. The molecule has 0 saturated heterocycles. The molecule has 18 heavy (non-hydrogen) atoms. The molecule has 0 saturated carbocycles. The highest BCUT2D eigenvalue weighted by Crippen LogP contribution is 2.30. The molecule has 0 aliphatic heterocycles. The number of rotatable bonds is 6. The molecule has 1 atom stereocenters. The van der Waals surface area contributed by atoms with Crippen LogP contribution in [-0.2, 0) is 10.5 Å². The Labute approximate surface area is 111 Å². The predicted octanol–water partition coefficient (Wildman–Crippen LogP) is 1.51. The van der Waals surface area contributed by atoms with Gasteiger partial charge in [-0.05, 0) is 19.9 Å². The number of nitrogens with two attached hydrogens (primary N) is 1. The summed E-state index contributed by atoms with van der Waals surface area (Å²) in [7, 11) is 1.56. The van der Waals surface area contributed by atoms with Crippen LogP contribution in [0.5, 0.6) is 5.88 Å². The van der Waals surface area contributed by atoms with Gasteiger partial charge in [-0.3, -0.25) is 4.79 Å². The molecule has 6 heteroatoms. The van der Waals surface area contributed by atoms with Crippen LogP contribution in [-0.4, -0.2) is 34.0 Å². The van der Waals surface area contributed by atoms with Crippen LogP contribution in [0.25, 0.3) is 0 Å². The summed E-state index contributed by atoms with van der Waals surface area (Å²) in [5.74, 6) is 0.144. The van der Waals surface area contributed by atoms with Crippen LogP contribution in [0, 0.1) is 0 Å². The number of ether oxygens (including phenoxy) is 1. The van der Waals surface area contributed by atoms with Crippen molar-refractivity contribution in [1.82, 2.24) is 4.98 Å². The second kappa shape index (κ2) is 6.06. The normalized spacial score (nSPS) is 13.1. The number of carbonyl (C=O) groups is 1. The SMILES string of the molecule is COc1cccc(CSC(C)(C)[C@H](N)C(=O)O)n1. The lowest BCUT2D eigenvalue weighted by atomic mass is 10.1. The number of carboxylic acid groups (broad SMARTS) is 1. The van der Waals surface area contributed by atoms with Crippen LogP contribution >= 0.6 is 11.8 Å². The van der Waals surface area contributed by atoms with Crippen molar-refractivity contribution in [3.63, 3.8) is 0 Å². The van der Waals surface area contributed by atoms with Gasteiger partial charge < -0.3 is 15.6 Å². The summed E-state index contributed by atoms with van der Waals surface area (Å²) in [6.07, 6.45) is 0. The van der Waals surface area contributed by atoms with E-state index in [9.17, 15) is 4.79 Å². The molecule has 0 aliphatic rings. The van der Waals surface area contributed by atoms with Crippen molar-refractivity contribution < 1.29 is 14.6 Å². The first kappa shape index (κ1) is 14.8. The van der Waals surface area contributed by atoms with Crippen molar-refractivity contribution in [2.45, 2.75) is 30.4 Å². The highest BCUT2D eigenvalue weighted by Gasteiger charge is 2.32. The minimum atomic E-state index is -0.994. The minimum absolute atomic E-state index is 0.549. The van der Waals surface area contributed by atoms with Gasteiger partial charge in [0.15, 0.2) is 0 Å². The molecule has 0 amide bonds. The summed E-state index contributed by atoms with van der Waals surface area (Å²) in [5, 5.41) is 8.92. The maximum Gasteiger partial charge on any atom is 0.321 e. The van der Waals surface area contributed by atoms with Crippen molar-refractivity contribution in [2.24, 2.45) is 5.73 Å². The molecule has 5 nitrogen and oxygen atoms in total. The van der Waals surface area contributed by atoms with Crippen LogP contribution < -0.4 is 10.5 Å². The fourth-order valence-electron chi connectivity index (χ4n) is 1.30. The lowest BCUT2D eigenvalue weighted by Crippen LogP contribution is -2.46. The zero-order chi connectivity index (χ0) is 13.8. The van der Waals surface area contributed by atoms with Gasteiger partial charge in [-0.15, -0.1) is 11.8 Å². The van der Waals surface area contributed by atoms with Crippen molar-refractivity contribution in [2.75, 3.05) is 7.11 Å². The summed E-state index contributed by atoms with van der Waals surface area (Å²) in [5.41, 5.74) is 6.49. The third-order valence-electron chi connectivity index (χ3n) is 2.60. The Bertz CT molecular complexity index is 424. The number of aliphatic carboxylic acids is 1. The Balaban J connectivity index is 2.66. The summed E-state index contributed by atoms with van der Waals surface area (Å²) in [4.78, 5) is 15.2. The first-order valence-corrected chi connectivity index (χ1v) is 6.47. The van der Waals surface area contributed by atoms with E-state index < -0.39 is 16.8 Å². The third kappa shape index (κ3) is 3.89. The molecule has 0 aromatic carbocycles. The van der Waals surface area contributed by atoms with Gasteiger partial charge in [-0.25, -0.2) is 4.98 Å². The Kier molecular flexibility index (Phi) is 4.98. The number of hydrogen-bond donors (Lipinski definition) is 2. The zero-order valence-corrected chi connectivity index (χ0v) is 11.5. The van der Waals surface area contributed by atoms with Gasteiger partial charge in [0.2, 0.25) is 5.88 Å². The molecule has 1 aromatic heterocycles. The van der Waals surface area contributed by atoms with Crippen LogP contribution in [0.2, 0.25) is 0 Å². The first-order chi connectivity index (χ1) is 8.36.